The third-order valence-electron chi connectivity index (χ3n) is 4.74. The van der Waals surface area contributed by atoms with Crippen molar-refractivity contribution in [3.63, 3.8) is 0 Å². The smallest absolute Gasteiger partial charge is 0.242 e. The maximum atomic E-state index is 13.0. The third kappa shape index (κ3) is 5.24. The summed E-state index contributed by atoms with van der Waals surface area (Å²) < 4.78 is 29.5. The fraction of sp³-hybridized carbons (Fsp3) is 0.364. The number of nitrogens with one attached hydrogen (secondary N) is 2. The molecule has 3 rings (SSSR count). The second-order valence-corrected chi connectivity index (χ2v) is 10.9. The van der Waals surface area contributed by atoms with Gasteiger partial charge in [-0.05, 0) is 62.9 Å². The number of thiazole rings is 1. The monoisotopic (exact) mass is 445 g/mol. The van der Waals surface area contributed by atoms with Gasteiger partial charge in [0.2, 0.25) is 15.9 Å². The van der Waals surface area contributed by atoms with Crippen LogP contribution in [-0.2, 0) is 14.8 Å². The molecule has 1 heterocycles. The number of anilines is 1. The summed E-state index contributed by atoms with van der Waals surface area (Å²) in [5.41, 5.74) is 3.47. The van der Waals surface area contributed by atoms with Crippen molar-refractivity contribution in [2.45, 2.75) is 52.0 Å². The first-order valence-electron chi connectivity index (χ1n) is 9.83. The predicted octanol–water partition coefficient (Wildman–Crippen LogP) is 4.55. The number of fused-ring (bicyclic) bond motifs is 1. The van der Waals surface area contributed by atoms with Crippen molar-refractivity contribution >= 4 is 43.2 Å². The zero-order valence-corrected chi connectivity index (χ0v) is 19.4. The van der Waals surface area contributed by atoms with Gasteiger partial charge in [-0.1, -0.05) is 31.5 Å². The zero-order valence-electron chi connectivity index (χ0n) is 17.8. The summed E-state index contributed by atoms with van der Waals surface area (Å²) in [7, 11) is -3.87. The third-order valence-corrected chi connectivity index (χ3v) is 7.14. The number of benzene rings is 2. The molecule has 160 valence electrons. The quantitative estimate of drug-likeness (QED) is 0.558. The zero-order chi connectivity index (χ0) is 22.1. The first-order chi connectivity index (χ1) is 14.0. The number of hydrogen-bond donors (Lipinski definition) is 2. The lowest BCUT2D eigenvalue weighted by molar-refractivity contribution is -0.118. The molecule has 2 N–H and O–H groups in total. The highest BCUT2D eigenvalue weighted by molar-refractivity contribution is 7.89. The van der Waals surface area contributed by atoms with Crippen molar-refractivity contribution in [3.8, 4) is 0 Å². The van der Waals surface area contributed by atoms with E-state index < -0.39 is 16.1 Å². The fourth-order valence-electron chi connectivity index (χ4n) is 3.30. The Morgan fingerprint density at radius 1 is 1.10 bits per heavy atom. The van der Waals surface area contributed by atoms with Crippen molar-refractivity contribution in [1.29, 1.82) is 0 Å². The van der Waals surface area contributed by atoms with Crippen LogP contribution in [0.5, 0.6) is 0 Å². The lowest BCUT2D eigenvalue weighted by Gasteiger charge is -2.21. The predicted molar refractivity (Wildman–Crippen MR) is 122 cm³/mol. The number of aromatic nitrogens is 1. The molecule has 8 heteroatoms. The number of carbonyl (C=O) groups is 1. The largest absolute Gasteiger partial charge is 0.324 e. The molecule has 0 bridgehead atoms. The normalized spacial score (nSPS) is 13.0. The Balaban J connectivity index is 1.85. The van der Waals surface area contributed by atoms with E-state index in [1.165, 1.54) is 17.4 Å². The van der Waals surface area contributed by atoms with Crippen LogP contribution in [0.1, 0.15) is 36.4 Å². The van der Waals surface area contributed by atoms with Gasteiger partial charge in [0.25, 0.3) is 0 Å². The Kier molecular flexibility index (Phi) is 6.59. The molecule has 0 saturated carbocycles. The van der Waals surface area contributed by atoms with Crippen LogP contribution in [0.15, 0.2) is 41.3 Å². The van der Waals surface area contributed by atoms with E-state index >= 15 is 0 Å². The standard InChI is InChI=1S/C22H27N3O3S2/c1-13(2)10-20(22(26)24-18-8-6-14(3)11-15(18)4)25-30(27,28)17-7-9-19-21(12-17)29-16(5)23-19/h6-9,11-13,20,25H,10H2,1-5H3,(H,24,26)/t20-/m1/s1. The molecule has 0 fully saturated rings. The molecular formula is C22H27N3O3S2. The highest BCUT2D eigenvalue weighted by atomic mass is 32.2. The molecule has 0 unspecified atom stereocenters. The summed E-state index contributed by atoms with van der Waals surface area (Å²) in [5.74, 6) is -0.233. The fourth-order valence-corrected chi connectivity index (χ4v) is 5.47. The van der Waals surface area contributed by atoms with Gasteiger partial charge in [-0.2, -0.15) is 4.72 Å². The molecule has 0 aliphatic rings. The number of carbonyl (C=O) groups excluding carboxylic acids is 1. The van der Waals surface area contributed by atoms with Gasteiger partial charge >= 0.3 is 0 Å². The maximum Gasteiger partial charge on any atom is 0.242 e. The Hall–Kier alpha value is -2.29. The van der Waals surface area contributed by atoms with E-state index in [1.54, 1.807) is 12.1 Å². The van der Waals surface area contributed by atoms with Gasteiger partial charge in [0.1, 0.15) is 6.04 Å². The summed E-state index contributed by atoms with van der Waals surface area (Å²) in [6.07, 6.45) is 0.387. The van der Waals surface area contributed by atoms with E-state index in [-0.39, 0.29) is 16.7 Å². The minimum absolute atomic E-state index is 0.131. The Morgan fingerprint density at radius 3 is 2.50 bits per heavy atom. The van der Waals surface area contributed by atoms with Gasteiger partial charge in [-0.3, -0.25) is 4.79 Å². The summed E-state index contributed by atoms with van der Waals surface area (Å²) in [4.78, 5) is 17.5. The lowest BCUT2D eigenvalue weighted by atomic mass is 10.0. The Bertz CT molecular complexity index is 1180. The number of sulfonamides is 1. The van der Waals surface area contributed by atoms with Crippen LogP contribution in [0, 0.1) is 26.7 Å². The highest BCUT2D eigenvalue weighted by Crippen LogP contribution is 2.25. The van der Waals surface area contributed by atoms with Crippen molar-refractivity contribution in [2.75, 3.05) is 5.32 Å². The van der Waals surface area contributed by atoms with Crippen LogP contribution in [0.2, 0.25) is 0 Å². The average molecular weight is 446 g/mol. The molecule has 3 aromatic rings. The maximum absolute atomic E-state index is 13.0. The van der Waals surface area contributed by atoms with Crippen LogP contribution in [0.25, 0.3) is 10.2 Å². The molecule has 6 nitrogen and oxygen atoms in total. The highest BCUT2D eigenvalue weighted by Gasteiger charge is 2.27. The average Bonchev–Trinajstić information content (AvgIpc) is 3.02. The van der Waals surface area contributed by atoms with E-state index in [1.807, 2.05) is 52.8 Å². The second kappa shape index (κ2) is 8.83. The van der Waals surface area contributed by atoms with Crippen LogP contribution in [0.3, 0.4) is 0 Å². The second-order valence-electron chi connectivity index (χ2n) is 7.97. The van der Waals surface area contributed by atoms with E-state index in [9.17, 15) is 13.2 Å². The van der Waals surface area contributed by atoms with Crippen molar-refractivity contribution in [3.05, 3.63) is 52.5 Å². The summed E-state index contributed by atoms with van der Waals surface area (Å²) in [5, 5.41) is 3.75. The molecule has 0 radical (unpaired) electrons. The van der Waals surface area contributed by atoms with Gasteiger partial charge in [-0.15, -0.1) is 11.3 Å². The molecule has 0 saturated heterocycles. The SMILES string of the molecule is Cc1ccc(NC(=O)[C@@H](CC(C)C)NS(=O)(=O)c2ccc3nc(C)sc3c2)c(C)c1. The number of rotatable bonds is 7. The molecule has 1 amide bonds. The molecule has 0 spiro atoms. The first-order valence-corrected chi connectivity index (χ1v) is 12.1. The molecule has 30 heavy (non-hydrogen) atoms. The molecule has 1 atom stereocenters. The summed E-state index contributed by atoms with van der Waals surface area (Å²) in [6.45, 7) is 9.69. The van der Waals surface area contributed by atoms with Crippen LogP contribution < -0.4 is 10.0 Å². The number of aryl methyl sites for hydroxylation is 3. The van der Waals surface area contributed by atoms with Crippen molar-refractivity contribution in [1.82, 2.24) is 9.71 Å². The van der Waals surface area contributed by atoms with E-state index in [0.29, 0.717) is 12.1 Å². The van der Waals surface area contributed by atoms with Crippen LogP contribution >= 0.6 is 11.3 Å². The van der Waals surface area contributed by atoms with E-state index in [0.717, 1.165) is 26.4 Å². The minimum Gasteiger partial charge on any atom is -0.324 e. The van der Waals surface area contributed by atoms with Crippen molar-refractivity contribution < 1.29 is 13.2 Å². The molecule has 2 aromatic carbocycles. The summed E-state index contributed by atoms with van der Waals surface area (Å²) >= 11 is 1.44. The van der Waals surface area contributed by atoms with E-state index in [2.05, 4.69) is 15.0 Å². The number of hydrogen-bond acceptors (Lipinski definition) is 5. The minimum atomic E-state index is -3.87. The molecule has 1 aromatic heterocycles. The first kappa shape index (κ1) is 22.4. The number of nitrogens with zero attached hydrogens (tertiary/aromatic N) is 1. The Morgan fingerprint density at radius 2 is 1.83 bits per heavy atom. The summed E-state index contributed by atoms with van der Waals surface area (Å²) in [6, 6.07) is 9.67. The lowest BCUT2D eigenvalue weighted by Crippen LogP contribution is -2.44. The van der Waals surface area contributed by atoms with Crippen LogP contribution in [-0.4, -0.2) is 25.4 Å². The Labute approximate surface area is 181 Å². The molecule has 0 aliphatic heterocycles. The molecule has 0 aliphatic carbocycles. The topological polar surface area (TPSA) is 88.2 Å². The molecular weight excluding hydrogens is 418 g/mol. The van der Waals surface area contributed by atoms with Gasteiger partial charge in [0.05, 0.1) is 20.1 Å². The van der Waals surface area contributed by atoms with Gasteiger partial charge < -0.3 is 5.32 Å². The van der Waals surface area contributed by atoms with E-state index in [4.69, 9.17) is 0 Å². The van der Waals surface area contributed by atoms with Crippen molar-refractivity contribution in [2.24, 2.45) is 5.92 Å². The van der Waals surface area contributed by atoms with Gasteiger partial charge in [0, 0.05) is 5.69 Å². The van der Waals surface area contributed by atoms with Crippen LogP contribution in [0.4, 0.5) is 5.69 Å². The van der Waals surface area contributed by atoms with Gasteiger partial charge in [0.15, 0.2) is 0 Å². The van der Waals surface area contributed by atoms with Gasteiger partial charge in [-0.25, -0.2) is 13.4 Å². The number of amides is 1.